The Kier molecular flexibility index (Phi) is 8.40. The Morgan fingerprint density at radius 2 is 1.85 bits per heavy atom. The van der Waals surface area contributed by atoms with Crippen LogP contribution in [0.25, 0.3) is 0 Å². The predicted molar refractivity (Wildman–Crippen MR) is 137 cm³/mol. The second-order valence-corrected chi connectivity index (χ2v) is 7.98. The van der Waals surface area contributed by atoms with Crippen LogP contribution in [-0.2, 0) is 4.79 Å². The molecule has 7 nitrogen and oxygen atoms in total. The molecule has 0 spiro atoms. The molecule has 0 aliphatic carbocycles. The molecule has 1 atom stereocenters. The molecule has 0 radical (unpaired) electrons. The van der Waals surface area contributed by atoms with E-state index in [4.69, 9.17) is 20.9 Å². The first-order valence-electron chi connectivity index (χ1n) is 11.2. The fraction of sp³-hybridized carbons (Fsp3) is 0.222. The topological polar surface area (TPSA) is 104 Å². The van der Waals surface area contributed by atoms with Crippen LogP contribution in [0.15, 0.2) is 96.3 Å². The van der Waals surface area contributed by atoms with Crippen LogP contribution in [0.5, 0.6) is 11.5 Å². The van der Waals surface area contributed by atoms with Gasteiger partial charge in [-0.2, -0.15) is 0 Å². The molecule has 34 heavy (non-hydrogen) atoms. The van der Waals surface area contributed by atoms with Gasteiger partial charge in [0.15, 0.2) is 0 Å². The van der Waals surface area contributed by atoms with Crippen LogP contribution in [0.2, 0.25) is 0 Å². The van der Waals surface area contributed by atoms with Crippen LogP contribution < -0.4 is 15.8 Å². The van der Waals surface area contributed by atoms with Gasteiger partial charge in [-0.15, -0.1) is 0 Å². The Morgan fingerprint density at radius 3 is 2.47 bits per heavy atom. The number of carbonyl (C=O) groups excluding carboxylic acids is 1. The number of hydrogen-bond acceptors (Lipinski definition) is 5. The lowest BCUT2D eigenvalue weighted by molar-refractivity contribution is -0.127. The highest BCUT2D eigenvalue weighted by molar-refractivity contribution is 6.29. The monoisotopic (exact) mass is 457 g/mol. The van der Waals surface area contributed by atoms with Crippen molar-refractivity contribution in [2.45, 2.75) is 25.8 Å². The number of nitrogens with one attached hydrogen (secondary N) is 2. The van der Waals surface area contributed by atoms with Gasteiger partial charge in [0.25, 0.3) is 0 Å². The molecule has 2 aromatic carbocycles. The fourth-order valence-corrected chi connectivity index (χ4v) is 3.80. The number of amidine groups is 1. The van der Waals surface area contributed by atoms with Crippen molar-refractivity contribution in [2.75, 3.05) is 13.1 Å². The molecule has 0 bridgehead atoms. The summed E-state index contributed by atoms with van der Waals surface area (Å²) >= 11 is 0. The minimum Gasteiger partial charge on any atom is -0.457 e. The summed E-state index contributed by atoms with van der Waals surface area (Å²) in [6, 6.07) is 16.7. The molecule has 3 rings (SSSR count). The smallest absolute Gasteiger partial charge is 0.246 e. The fourth-order valence-electron chi connectivity index (χ4n) is 3.80. The maximum absolute atomic E-state index is 12.1. The zero-order valence-corrected chi connectivity index (χ0v) is 19.5. The molecule has 7 heteroatoms. The first kappa shape index (κ1) is 24.5. The van der Waals surface area contributed by atoms with Gasteiger partial charge in [0.05, 0.1) is 17.3 Å². The van der Waals surface area contributed by atoms with E-state index in [1.54, 1.807) is 11.8 Å². The van der Waals surface area contributed by atoms with Gasteiger partial charge >= 0.3 is 0 Å². The Hall–Kier alpha value is -4.13. The van der Waals surface area contributed by atoms with Gasteiger partial charge in [0, 0.05) is 24.4 Å². The highest BCUT2D eigenvalue weighted by Gasteiger charge is 2.24. The van der Waals surface area contributed by atoms with Gasteiger partial charge in [-0.1, -0.05) is 31.4 Å². The van der Waals surface area contributed by atoms with Gasteiger partial charge in [-0.3, -0.25) is 15.2 Å². The van der Waals surface area contributed by atoms with Crippen LogP contribution in [0.4, 0.5) is 0 Å². The number of aliphatic imine (C=N–C) groups is 1. The number of para-hydroxylation sites is 1. The van der Waals surface area contributed by atoms with Crippen LogP contribution in [0.3, 0.4) is 0 Å². The van der Waals surface area contributed by atoms with E-state index in [1.165, 1.54) is 12.3 Å². The summed E-state index contributed by atoms with van der Waals surface area (Å²) in [7, 11) is 0. The quantitative estimate of drug-likeness (QED) is 0.311. The van der Waals surface area contributed by atoms with Crippen molar-refractivity contribution in [1.29, 1.82) is 5.41 Å². The molecule has 1 aliphatic rings. The molecule has 176 valence electrons. The van der Waals surface area contributed by atoms with Crippen LogP contribution >= 0.6 is 0 Å². The van der Waals surface area contributed by atoms with E-state index in [0.717, 1.165) is 18.6 Å². The van der Waals surface area contributed by atoms with Crippen molar-refractivity contribution in [2.24, 2.45) is 10.7 Å². The summed E-state index contributed by atoms with van der Waals surface area (Å²) in [5, 5.41) is 11.9. The van der Waals surface area contributed by atoms with Crippen molar-refractivity contribution in [3.63, 3.8) is 0 Å². The first-order chi connectivity index (χ1) is 16.4. The molecule has 1 heterocycles. The second-order valence-electron chi connectivity index (χ2n) is 7.98. The number of amides is 1. The van der Waals surface area contributed by atoms with Crippen molar-refractivity contribution < 1.29 is 9.53 Å². The van der Waals surface area contributed by atoms with Gasteiger partial charge in [-0.05, 0) is 68.4 Å². The van der Waals surface area contributed by atoms with Gasteiger partial charge in [-0.25, -0.2) is 0 Å². The lowest BCUT2D eigenvalue weighted by Crippen LogP contribution is -2.42. The zero-order chi connectivity index (χ0) is 24.5. The summed E-state index contributed by atoms with van der Waals surface area (Å²) in [5.74, 6) is 1.77. The third-order valence-electron chi connectivity index (χ3n) is 5.44. The standard InChI is InChI=1S/C27H31N5O2/c1-4-24(33)32-17-9-10-21(18-32)31-27(30-5-2)25(19(3)28)26(29)20-13-15-23(16-14-20)34-22-11-7-6-8-12-22/h4-8,11-16,21,29H,1-2,9-10,17-18,28H2,3H3,(H,30,31)/b25-19+,29-26?. The molecule has 0 aromatic heterocycles. The number of nitrogens with two attached hydrogens (primary N) is 1. The van der Waals surface area contributed by atoms with E-state index >= 15 is 0 Å². The lowest BCUT2D eigenvalue weighted by atomic mass is 9.99. The number of benzene rings is 2. The number of rotatable bonds is 8. The summed E-state index contributed by atoms with van der Waals surface area (Å²) in [6.45, 7) is 10.2. The molecule has 1 aliphatic heterocycles. The Balaban J connectivity index is 1.83. The van der Waals surface area contributed by atoms with Gasteiger partial charge in [0.1, 0.15) is 17.3 Å². The summed E-state index contributed by atoms with van der Waals surface area (Å²) in [5.41, 5.74) is 8.07. The SMILES string of the molecule is C=CNC(=NC1CCCN(C(=O)C=C)C1)/C(C(=N)c1ccc(Oc2ccccc2)cc1)=C(\C)N. The van der Waals surface area contributed by atoms with Crippen LogP contribution in [0, 0.1) is 5.41 Å². The van der Waals surface area contributed by atoms with Crippen molar-refractivity contribution in [3.8, 4) is 11.5 Å². The normalized spacial score (nSPS) is 16.8. The first-order valence-corrected chi connectivity index (χ1v) is 11.2. The molecule has 1 unspecified atom stereocenters. The van der Waals surface area contributed by atoms with Crippen LogP contribution in [-0.4, -0.2) is 41.5 Å². The molecular weight excluding hydrogens is 426 g/mol. The summed E-state index contributed by atoms with van der Waals surface area (Å²) in [6.07, 6.45) is 4.52. The number of allylic oxidation sites excluding steroid dienone is 1. The minimum atomic E-state index is -0.121. The van der Waals surface area contributed by atoms with Gasteiger partial charge < -0.3 is 20.7 Å². The molecule has 1 saturated heterocycles. The molecular formula is C27H31N5O2. The predicted octanol–water partition coefficient (Wildman–Crippen LogP) is 4.39. The van der Waals surface area contributed by atoms with Crippen molar-refractivity contribution >= 4 is 17.5 Å². The largest absolute Gasteiger partial charge is 0.457 e. The average molecular weight is 458 g/mol. The van der Waals surface area contributed by atoms with E-state index < -0.39 is 0 Å². The highest BCUT2D eigenvalue weighted by atomic mass is 16.5. The third-order valence-corrected chi connectivity index (χ3v) is 5.44. The van der Waals surface area contributed by atoms with E-state index in [0.29, 0.717) is 41.5 Å². The highest BCUT2D eigenvalue weighted by Crippen LogP contribution is 2.23. The van der Waals surface area contributed by atoms with E-state index in [2.05, 4.69) is 18.5 Å². The number of carbonyl (C=O) groups is 1. The van der Waals surface area contributed by atoms with Gasteiger partial charge in [0.2, 0.25) is 5.91 Å². The number of nitrogens with zero attached hydrogens (tertiary/aromatic N) is 2. The van der Waals surface area contributed by atoms with Crippen molar-refractivity contribution in [1.82, 2.24) is 10.2 Å². The van der Waals surface area contributed by atoms with E-state index in [1.807, 2.05) is 54.6 Å². The number of likely N-dealkylation sites (tertiary alicyclic amines) is 1. The van der Waals surface area contributed by atoms with Crippen molar-refractivity contribution in [3.05, 3.63) is 96.9 Å². The molecule has 1 fully saturated rings. The maximum atomic E-state index is 12.1. The maximum Gasteiger partial charge on any atom is 0.246 e. The van der Waals surface area contributed by atoms with E-state index in [9.17, 15) is 4.79 Å². The van der Waals surface area contributed by atoms with Crippen LogP contribution in [0.1, 0.15) is 25.3 Å². The molecule has 1 amide bonds. The van der Waals surface area contributed by atoms with E-state index in [-0.39, 0.29) is 17.7 Å². The Morgan fingerprint density at radius 1 is 1.18 bits per heavy atom. The number of ether oxygens (including phenoxy) is 1. The number of piperidine rings is 1. The lowest BCUT2D eigenvalue weighted by Gasteiger charge is -2.30. The summed E-state index contributed by atoms with van der Waals surface area (Å²) < 4.78 is 5.85. The number of hydrogen-bond donors (Lipinski definition) is 3. The second kappa shape index (κ2) is 11.7. The Bertz CT molecular complexity index is 1100. The molecule has 0 saturated carbocycles. The molecule has 4 N–H and O–H groups in total. The molecule has 2 aromatic rings. The Labute approximate surface area is 200 Å². The third kappa shape index (κ3) is 6.22. The minimum absolute atomic E-state index is 0.102. The summed E-state index contributed by atoms with van der Waals surface area (Å²) in [4.78, 5) is 18.6. The average Bonchev–Trinajstić information content (AvgIpc) is 2.84. The zero-order valence-electron chi connectivity index (χ0n) is 19.5.